The van der Waals surface area contributed by atoms with E-state index in [0.717, 1.165) is 12.8 Å². The van der Waals surface area contributed by atoms with Crippen molar-refractivity contribution < 1.29 is 14.7 Å². The SMILES string of the molecule is O=C(O)[C@H]1CCCCN1C(=O)c1cnn2cccnc12. The number of piperidine rings is 1. The Bertz CT molecular complexity index is 666. The number of likely N-dealkylation sites (tertiary alicyclic amines) is 1. The van der Waals surface area contributed by atoms with Gasteiger partial charge in [0.05, 0.1) is 6.20 Å². The molecule has 1 N–H and O–H groups in total. The lowest BCUT2D eigenvalue weighted by Gasteiger charge is -2.32. The topological polar surface area (TPSA) is 87.8 Å². The van der Waals surface area contributed by atoms with Crippen LogP contribution < -0.4 is 0 Å². The highest BCUT2D eigenvalue weighted by molar-refractivity contribution is 6.01. The third-order valence-corrected chi connectivity index (χ3v) is 3.56. The van der Waals surface area contributed by atoms with Crippen molar-refractivity contribution in [1.29, 1.82) is 0 Å². The van der Waals surface area contributed by atoms with Crippen molar-refractivity contribution >= 4 is 17.5 Å². The summed E-state index contributed by atoms with van der Waals surface area (Å²) < 4.78 is 1.51. The summed E-state index contributed by atoms with van der Waals surface area (Å²) in [5, 5.41) is 13.3. The Balaban J connectivity index is 1.96. The molecule has 7 heteroatoms. The second-order valence-electron chi connectivity index (χ2n) is 4.79. The first-order valence-corrected chi connectivity index (χ1v) is 6.50. The Hall–Kier alpha value is -2.44. The number of hydrogen-bond acceptors (Lipinski definition) is 4. The Kier molecular flexibility index (Phi) is 3.09. The van der Waals surface area contributed by atoms with Crippen LogP contribution in [0.25, 0.3) is 5.65 Å². The molecule has 7 nitrogen and oxygen atoms in total. The van der Waals surface area contributed by atoms with Crippen LogP contribution in [0.15, 0.2) is 24.7 Å². The van der Waals surface area contributed by atoms with Crippen molar-refractivity contribution in [1.82, 2.24) is 19.5 Å². The number of amides is 1. The summed E-state index contributed by atoms with van der Waals surface area (Å²) in [5.74, 6) is -1.27. The van der Waals surface area contributed by atoms with Gasteiger partial charge in [-0.3, -0.25) is 4.79 Å². The van der Waals surface area contributed by atoms with Crippen molar-refractivity contribution in [3.8, 4) is 0 Å². The molecule has 1 aliphatic rings. The van der Waals surface area contributed by atoms with Gasteiger partial charge >= 0.3 is 5.97 Å². The van der Waals surface area contributed by atoms with Gasteiger partial charge in [0.1, 0.15) is 11.6 Å². The number of aliphatic carboxylic acids is 1. The van der Waals surface area contributed by atoms with E-state index >= 15 is 0 Å². The minimum atomic E-state index is -0.956. The van der Waals surface area contributed by atoms with Gasteiger partial charge in [0, 0.05) is 18.9 Å². The van der Waals surface area contributed by atoms with Crippen molar-refractivity contribution in [2.75, 3.05) is 6.54 Å². The summed E-state index contributed by atoms with van der Waals surface area (Å²) in [6.45, 7) is 0.458. The second kappa shape index (κ2) is 4.92. The van der Waals surface area contributed by atoms with Crippen molar-refractivity contribution in [2.45, 2.75) is 25.3 Å². The lowest BCUT2D eigenvalue weighted by atomic mass is 10.0. The van der Waals surface area contributed by atoms with Crippen LogP contribution in [-0.2, 0) is 4.79 Å². The highest BCUT2D eigenvalue weighted by atomic mass is 16.4. The van der Waals surface area contributed by atoms with Gasteiger partial charge < -0.3 is 10.0 Å². The Labute approximate surface area is 114 Å². The number of nitrogens with zero attached hydrogens (tertiary/aromatic N) is 4. The first-order chi connectivity index (χ1) is 9.68. The third-order valence-electron chi connectivity index (χ3n) is 3.56. The van der Waals surface area contributed by atoms with Crippen LogP contribution in [0, 0.1) is 0 Å². The molecule has 1 amide bonds. The molecule has 0 aliphatic carbocycles. The molecule has 0 saturated carbocycles. The molecule has 0 bridgehead atoms. The summed E-state index contributed by atoms with van der Waals surface area (Å²) in [6, 6.07) is 0.963. The minimum absolute atomic E-state index is 0.314. The van der Waals surface area contributed by atoms with Crippen LogP contribution in [0.1, 0.15) is 29.6 Å². The van der Waals surface area contributed by atoms with E-state index < -0.39 is 12.0 Å². The zero-order chi connectivity index (χ0) is 14.1. The van der Waals surface area contributed by atoms with Gasteiger partial charge in [0.15, 0.2) is 5.65 Å². The molecule has 2 aromatic heterocycles. The summed E-state index contributed by atoms with van der Waals surface area (Å²) >= 11 is 0. The zero-order valence-electron chi connectivity index (χ0n) is 10.8. The molecule has 0 unspecified atom stereocenters. The van der Waals surface area contributed by atoms with E-state index in [1.807, 2.05) is 0 Å². The van der Waals surface area contributed by atoms with Crippen LogP contribution in [0.2, 0.25) is 0 Å². The van der Waals surface area contributed by atoms with E-state index in [0.29, 0.717) is 24.2 Å². The van der Waals surface area contributed by atoms with Crippen LogP contribution in [0.4, 0.5) is 0 Å². The number of aromatic nitrogens is 3. The van der Waals surface area contributed by atoms with Crippen molar-refractivity contribution in [3.05, 3.63) is 30.2 Å². The molecule has 20 heavy (non-hydrogen) atoms. The maximum atomic E-state index is 12.6. The highest BCUT2D eigenvalue weighted by Gasteiger charge is 2.33. The fourth-order valence-corrected chi connectivity index (χ4v) is 2.56. The Morgan fingerprint density at radius 1 is 1.35 bits per heavy atom. The number of carboxylic acids is 1. The average Bonchev–Trinajstić information content (AvgIpc) is 2.90. The van der Waals surface area contributed by atoms with Gasteiger partial charge in [-0.15, -0.1) is 0 Å². The second-order valence-corrected chi connectivity index (χ2v) is 4.79. The van der Waals surface area contributed by atoms with E-state index in [-0.39, 0.29) is 5.91 Å². The summed E-state index contributed by atoms with van der Waals surface area (Å²) in [6.07, 6.45) is 6.87. The summed E-state index contributed by atoms with van der Waals surface area (Å²) in [5.41, 5.74) is 0.797. The third kappa shape index (κ3) is 2.01. The molecule has 1 aliphatic heterocycles. The molecular weight excluding hydrogens is 260 g/mol. The van der Waals surface area contributed by atoms with Gasteiger partial charge in [0.25, 0.3) is 5.91 Å². The fourth-order valence-electron chi connectivity index (χ4n) is 2.56. The maximum Gasteiger partial charge on any atom is 0.326 e. The standard InChI is InChI=1S/C13H14N4O3/c18-12(16-6-2-1-4-10(16)13(19)20)9-8-15-17-7-3-5-14-11(9)17/h3,5,7-8,10H,1-2,4,6H2,(H,19,20)/t10-/m1/s1. The van der Waals surface area contributed by atoms with Crippen LogP contribution in [0.3, 0.4) is 0 Å². The van der Waals surface area contributed by atoms with E-state index in [1.54, 1.807) is 18.5 Å². The Morgan fingerprint density at radius 2 is 2.20 bits per heavy atom. The molecular formula is C13H14N4O3. The number of fused-ring (bicyclic) bond motifs is 1. The van der Waals surface area contributed by atoms with Gasteiger partial charge in [-0.05, 0) is 25.3 Å². The van der Waals surface area contributed by atoms with Crippen molar-refractivity contribution in [2.24, 2.45) is 0 Å². The number of hydrogen-bond donors (Lipinski definition) is 1. The summed E-state index contributed by atoms with van der Waals surface area (Å²) in [7, 11) is 0. The van der Waals surface area contributed by atoms with Crippen molar-refractivity contribution in [3.63, 3.8) is 0 Å². The number of carbonyl (C=O) groups excluding carboxylic acids is 1. The van der Waals surface area contributed by atoms with E-state index in [9.17, 15) is 14.7 Å². The number of carboxylic acid groups (broad SMARTS) is 1. The monoisotopic (exact) mass is 274 g/mol. The van der Waals surface area contributed by atoms with Crippen LogP contribution >= 0.6 is 0 Å². The first kappa shape index (κ1) is 12.6. The molecule has 0 radical (unpaired) electrons. The van der Waals surface area contributed by atoms with Gasteiger partial charge in [0.2, 0.25) is 0 Å². The molecule has 3 heterocycles. The van der Waals surface area contributed by atoms with E-state index in [2.05, 4.69) is 10.1 Å². The number of rotatable bonds is 2. The Morgan fingerprint density at radius 3 is 3.00 bits per heavy atom. The smallest absolute Gasteiger partial charge is 0.326 e. The van der Waals surface area contributed by atoms with E-state index in [1.165, 1.54) is 15.6 Å². The summed E-state index contributed by atoms with van der Waals surface area (Å²) in [4.78, 5) is 29.4. The van der Waals surface area contributed by atoms with E-state index in [4.69, 9.17) is 0 Å². The normalized spacial score (nSPS) is 19.2. The lowest BCUT2D eigenvalue weighted by molar-refractivity contribution is -0.143. The highest BCUT2D eigenvalue weighted by Crippen LogP contribution is 2.21. The quantitative estimate of drug-likeness (QED) is 0.875. The number of carbonyl (C=O) groups is 2. The molecule has 2 aromatic rings. The molecule has 104 valence electrons. The average molecular weight is 274 g/mol. The van der Waals surface area contributed by atoms with Gasteiger partial charge in [-0.2, -0.15) is 5.10 Å². The molecule has 0 aromatic carbocycles. The molecule has 3 rings (SSSR count). The minimum Gasteiger partial charge on any atom is -0.480 e. The predicted molar refractivity (Wildman–Crippen MR) is 69.3 cm³/mol. The molecule has 0 spiro atoms. The maximum absolute atomic E-state index is 12.6. The molecule has 1 atom stereocenters. The lowest BCUT2D eigenvalue weighted by Crippen LogP contribution is -2.48. The zero-order valence-corrected chi connectivity index (χ0v) is 10.8. The fraction of sp³-hybridized carbons (Fsp3) is 0.385. The molecule has 1 saturated heterocycles. The van der Waals surface area contributed by atoms with Gasteiger partial charge in [-0.1, -0.05) is 0 Å². The predicted octanol–water partition coefficient (Wildman–Crippen LogP) is 0.809. The van der Waals surface area contributed by atoms with Crippen LogP contribution in [0.5, 0.6) is 0 Å². The van der Waals surface area contributed by atoms with Crippen LogP contribution in [-0.4, -0.2) is 49.1 Å². The van der Waals surface area contributed by atoms with Gasteiger partial charge in [-0.25, -0.2) is 14.3 Å². The molecule has 1 fully saturated rings. The first-order valence-electron chi connectivity index (χ1n) is 6.50. The largest absolute Gasteiger partial charge is 0.480 e.